The number of esters is 2. The fraction of sp³-hybridized carbons (Fsp3) is 0.763. The minimum absolute atomic E-state index is 0.0866. The number of allylic oxidation sites excluding steroid dienone is 12. The molecular formula is C59H100O15. The average Bonchev–Trinajstić information content (AvgIpc) is 3.39. The Morgan fingerprint density at radius 3 is 1.27 bits per heavy atom. The normalized spacial score (nSPS) is 25.2. The minimum Gasteiger partial charge on any atom is -0.462 e. The average molecular weight is 1050 g/mol. The summed E-state index contributed by atoms with van der Waals surface area (Å²) in [5.74, 6) is -1.05. The van der Waals surface area contributed by atoms with Gasteiger partial charge in [-0.25, -0.2) is 0 Å². The van der Waals surface area contributed by atoms with Crippen molar-refractivity contribution in [2.45, 2.75) is 261 Å². The van der Waals surface area contributed by atoms with Crippen molar-refractivity contribution in [2.24, 2.45) is 0 Å². The summed E-state index contributed by atoms with van der Waals surface area (Å²) in [5, 5.41) is 72.2. The van der Waals surface area contributed by atoms with Crippen molar-refractivity contribution in [1.82, 2.24) is 0 Å². The molecule has 0 spiro atoms. The van der Waals surface area contributed by atoms with E-state index in [-0.39, 0.29) is 19.4 Å². The molecule has 0 radical (unpaired) electrons. The van der Waals surface area contributed by atoms with E-state index in [9.17, 15) is 45.3 Å². The molecule has 4 unspecified atom stereocenters. The van der Waals surface area contributed by atoms with Gasteiger partial charge in [0.05, 0.1) is 19.8 Å². The molecule has 74 heavy (non-hydrogen) atoms. The number of aliphatic hydroxyl groups excluding tert-OH is 7. The Kier molecular flexibility index (Phi) is 40.8. The predicted octanol–water partition coefficient (Wildman–Crippen LogP) is 9.38. The summed E-state index contributed by atoms with van der Waals surface area (Å²) < 4.78 is 33.5. The first kappa shape index (κ1) is 67.1. The molecule has 2 fully saturated rings. The maximum atomic E-state index is 13.0. The molecule has 0 aromatic carbocycles. The molecule has 15 heteroatoms. The largest absolute Gasteiger partial charge is 0.462 e. The third-order valence-corrected chi connectivity index (χ3v) is 13.2. The van der Waals surface area contributed by atoms with Crippen LogP contribution < -0.4 is 0 Å². The van der Waals surface area contributed by atoms with Crippen LogP contribution in [0.4, 0.5) is 0 Å². The molecule has 0 bridgehead atoms. The Bertz CT molecular complexity index is 1560. The van der Waals surface area contributed by atoms with Crippen molar-refractivity contribution in [2.75, 3.05) is 26.4 Å². The van der Waals surface area contributed by atoms with Gasteiger partial charge in [-0.05, 0) is 77.0 Å². The fourth-order valence-electron chi connectivity index (χ4n) is 8.48. The first-order valence-electron chi connectivity index (χ1n) is 28.5. The van der Waals surface area contributed by atoms with Crippen molar-refractivity contribution < 1.29 is 73.8 Å². The molecule has 0 aromatic heterocycles. The zero-order valence-electron chi connectivity index (χ0n) is 45.3. The van der Waals surface area contributed by atoms with Gasteiger partial charge in [-0.2, -0.15) is 0 Å². The maximum Gasteiger partial charge on any atom is 0.306 e. The Morgan fingerprint density at radius 1 is 0.432 bits per heavy atom. The lowest BCUT2D eigenvalue weighted by Gasteiger charge is -2.42. The Labute approximate surface area is 444 Å². The highest BCUT2D eigenvalue weighted by molar-refractivity contribution is 5.70. The van der Waals surface area contributed by atoms with Crippen LogP contribution in [-0.2, 0) is 38.0 Å². The van der Waals surface area contributed by atoms with Crippen LogP contribution in [0.1, 0.15) is 194 Å². The summed E-state index contributed by atoms with van der Waals surface area (Å²) in [6.45, 7) is 2.49. The predicted molar refractivity (Wildman–Crippen MR) is 289 cm³/mol. The SMILES string of the molecule is CCCCCCCCC/C=C/C/C=C/C/C=C/C/C=C/CCCC(=O)OC[C@@H](CO[C@@H]1O[C@H](CO[C@@H]2O[C@H](CO)[C@H](O)C(O)C2O)[C@H](O)C(O)C1O)OC(=O)CCC/C=C/C/C=C/CCCCCCCCCCC. The summed E-state index contributed by atoms with van der Waals surface area (Å²) in [4.78, 5) is 25.8. The summed E-state index contributed by atoms with van der Waals surface area (Å²) in [6, 6.07) is 0. The molecule has 2 aliphatic heterocycles. The lowest BCUT2D eigenvalue weighted by Crippen LogP contribution is -2.61. The van der Waals surface area contributed by atoms with Crippen LogP contribution in [0.5, 0.6) is 0 Å². The number of ether oxygens (including phenoxy) is 6. The van der Waals surface area contributed by atoms with Gasteiger partial charge in [0.2, 0.25) is 0 Å². The van der Waals surface area contributed by atoms with Gasteiger partial charge >= 0.3 is 11.9 Å². The Morgan fingerprint density at radius 2 is 0.811 bits per heavy atom. The Balaban J connectivity index is 1.81. The first-order valence-corrected chi connectivity index (χ1v) is 28.5. The van der Waals surface area contributed by atoms with E-state index in [4.69, 9.17) is 28.4 Å². The molecule has 426 valence electrons. The number of carbonyl (C=O) groups is 2. The van der Waals surface area contributed by atoms with Crippen LogP contribution in [0.15, 0.2) is 72.9 Å². The number of rotatable bonds is 44. The fourth-order valence-corrected chi connectivity index (χ4v) is 8.48. The van der Waals surface area contributed by atoms with Crippen molar-refractivity contribution in [1.29, 1.82) is 0 Å². The summed E-state index contributed by atoms with van der Waals surface area (Å²) >= 11 is 0. The first-order chi connectivity index (χ1) is 36.0. The topological polar surface area (TPSA) is 231 Å². The zero-order valence-corrected chi connectivity index (χ0v) is 45.3. The minimum atomic E-state index is -1.78. The zero-order chi connectivity index (χ0) is 53.9. The lowest BCUT2D eigenvalue weighted by molar-refractivity contribution is -0.332. The van der Waals surface area contributed by atoms with E-state index in [1.54, 1.807) is 0 Å². The maximum absolute atomic E-state index is 13.0. The molecule has 15 nitrogen and oxygen atoms in total. The van der Waals surface area contributed by atoms with Gasteiger partial charge in [-0.1, -0.05) is 177 Å². The second-order valence-electron chi connectivity index (χ2n) is 19.8. The van der Waals surface area contributed by atoms with E-state index in [2.05, 4.69) is 74.6 Å². The van der Waals surface area contributed by atoms with Crippen LogP contribution in [-0.4, -0.2) is 142 Å². The van der Waals surface area contributed by atoms with Crippen LogP contribution >= 0.6 is 0 Å². The van der Waals surface area contributed by atoms with Crippen LogP contribution in [0.25, 0.3) is 0 Å². The number of aliphatic hydroxyl groups is 7. The van der Waals surface area contributed by atoms with Crippen molar-refractivity contribution in [3.05, 3.63) is 72.9 Å². The second kappa shape index (κ2) is 45.0. The highest BCUT2D eigenvalue weighted by Gasteiger charge is 2.47. The molecule has 0 aromatic rings. The quantitative estimate of drug-likeness (QED) is 0.0171. The lowest BCUT2D eigenvalue weighted by atomic mass is 9.98. The highest BCUT2D eigenvalue weighted by atomic mass is 16.7. The number of unbranched alkanes of at least 4 members (excludes halogenated alkanes) is 18. The summed E-state index contributed by atoms with van der Waals surface area (Å²) in [5.41, 5.74) is 0. The van der Waals surface area contributed by atoms with Gasteiger partial charge in [0.1, 0.15) is 55.4 Å². The van der Waals surface area contributed by atoms with Gasteiger partial charge in [-0.15, -0.1) is 0 Å². The van der Waals surface area contributed by atoms with Gasteiger partial charge in [0.15, 0.2) is 18.7 Å². The van der Waals surface area contributed by atoms with E-state index >= 15 is 0 Å². The molecule has 0 amide bonds. The summed E-state index contributed by atoms with van der Waals surface area (Å²) in [7, 11) is 0. The third-order valence-electron chi connectivity index (χ3n) is 13.2. The van der Waals surface area contributed by atoms with E-state index in [1.807, 2.05) is 12.2 Å². The molecular weight excluding hydrogens is 949 g/mol. The van der Waals surface area contributed by atoms with E-state index in [1.165, 1.54) is 103 Å². The van der Waals surface area contributed by atoms with Crippen molar-refractivity contribution in [3.8, 4) is 0 Å². The molecule has 11 atom stereocenters. The molecule has 0 aliphatic carbocycles. The second-order valence-corrected chi connectivity index (χ2v) is 19.8. The van der Waals surface area contributed by atoms with Crippen molar-refractivity contribution in [3.63, 3.8) is 0 Å². The van der Waals surface area contributed by atoms with Crippen molar-refractivity contribution >= 4 is 11.9 Å². The van der Waals surface area contributed by atoms with Gasteiger partial charge < -0.3 is 64.2 Å². The van der Waals surface area contributed by atoms with E-state index in [0.29, 0.717) is 25.7 Å². The molecule has 2 rings (SSSR count). The smallest absolute Gasteiger partial charge is 0.306 e. The number of carbonyl (C=O) groups excluding carboxylic acids is 2. The molecule has 2 saturated heterocycles. The highest BCUT2D eigenvalue weighted by Crippen LogP contribution is 2.26. The number of hydrogen-bond donors (Lipinski definition) is 7. The number of hydrogen-bond acceptors (Lipinski definition) is 15. The standard InChI is InChI=1S/C59H100O15/c1-3-5-7-9-11-13-15-17-19-21-22-23-24-26-27-29-31-33-35-37-39-41-50(61)69-44-47(72-51(62)42-40-38-36-34-32-30-28-25-20-18-16-14-12-10-8-6-4-2)45-70-58-57(68)55(66)53(64)49(74-58)46-71-59-56(67)54(65)52(63)48(43-60)73-59/h19,21,23-24,27-30,33-36,47-49,52-60,63-68H,3-18,20,22,25-26,31-32,37-46H2,1-2H3/b21-19+,24-23+,29-27+,30-28+,35-33+,36-34+/t47-,48+,49+,52-,53-,54?,55?,56?,57?,58+,59+/m0/s1. The molecule has 2 heterocycles. The van der Waals surface area contributed by atoms with Crippen LogP contribution in [0.3, 0.4) is 0 Å². The van der Waals surface area contributed by atoms with E-state index < -0.39 is 99.3 Å². The molecule has 0 saturated carbocycles. The monoisotopic (exact) mass is 1050 g/mol. The van der Waals surface area contributed by atoms with Gasteiger partial charge in [0.25, 0.3) is 0 Å². The van der Waals surface area contributed by atoms with Crippen LogP contribution in [0, 0.1) is 0 Å². The molecule has 7 N–H and O–H groups in total. The van der Waals surface area contributed by atoms with Gasteiger partial charge in [0, 0.05) is 12.8 Å². The van der Waals surface area contributed by atoms with E-state index in [0.717, 1.165) is 38.5 Å². The summed E-state index contributed by atoms with van der Waals surface area (Å²) in [6.07, 6.45) is 38.0. The molecule has 2 aliphatic rings. The third kappa shape index (κ3) is 31.9. The van der Waals surface area contributed by atoms with Gasteiger partial charge in [-0.3, -0.25) is 9.59 Å². The Hall–Kier alpha value is -3.06. The van der Waals surface area contributed by atoms with Crippen LogP contribution in [0.2, 0.25) is 0 Å².